The summed E-state index contributed by atoms with van der Waals surface area (Å²) in [4.78, 5) is 14.9. The van der Waals surface area contributed by atoms with Crippen LogP contribution in [0, 0.1) is 52.3 Å². The van der Waals surface area contributed by atoms with Gasteiger partial charge in [0.2, 0.25) is 0 Å². The minimum Gasteiger partial charge on any atom is -0.394 e. The number of Topliss-reactive ketones (excluding diaryl/α,β-unsaturated/α-hetero) is 1. The lowest BCUT2D eigenvalue weighted by Crippen LogP contribution is -2.68. The number of hydrogen-bond donors (Lipinski definition) is 19. The highest BCUT2D eigenvalue weighted by Crippen LogP contribution is 2.70. The fourth-order valence-corrected chi connectivity index (χ4v) is 17.9. The molecular weight excluding hydrogens is 1270 g/mol. The number of aliphatic hydroxyl groups is 19. The van der Waals surface area contributed by atoms with Crippen LogP contribution in [-0.2, 0) is 66.4 Å². The van der Waals surface area contributed by atoms with Gasteiger partial charge in [-0.3, -0.25) is 4.79 Å². The Hall–Kier alpha value is -1.61. The monoisotopic (exact) mass is 1370 g/mol. The largest absolute Gasteiger partial charge is 0.394 e. The van der Waals surface area contributed by atoms with E-state index in [-0.39, 0.29) is 71.8 Å². The smallest absolute Gasteiger partial charge is 0.187 e. The van der Waals surface area contributed by atoms with E-state index in [1.54, 1.807) is 0 Å². The third-order valence-electron chi connectivity index (χ3n) is 23.8. The number of fused-ring (bicyclic) bond motifs is 7. The molecular formula is C62H102O33. The van der Waals surface area contributed by atoms with E-state index in [2.05, 4.69) is 13.8 Å². The SMILES string of the molecule is CC(CCC1(O)OC2CC3C4CCC5CC(OC6OC(CO)C(OC7OC(CO)C(OC8OC(CO)C(O)C(OC9OCC(O)C(O)C9O)C8OC8OC(C)C(O)C(O)C8O)C(O)C7O)C(O)C6O)CCC5(C)C4CC(=O)C3(C)C2C1C)COC1OC(CO)C(O)C(O)C1O. The summed E-state index contributed by atoms with van der Waals surface area (Å²) in [6.07, 6.45) is -46.0. The molecule has 7 aliphatic heterocycles. The van der Waals surface area contributed by atoms with Crippen molar-refractivity contribution in [2.45, 2.75) is 289 Å². The summed E-state index contributed by atoms with van der Waals surface area (Å²) in [6, 6.07) is 0. The van der Waals surface area contributed by atoms with Gasteiger partial charge in [0.1, 0.15) is 140 Å². The van der Waals surface area contributed by atoms with Gasteiger partial charge in [0.25, 0.3) is 0 Å². The van der Waals surface area contributed by atoms with Crippen LogP contribution >= 0.6 is 0 Å². The van der Waals surface area contributed by atoms with Crippen LogP contribution in [0.2, 0.25) is 0 Å². The van der Waals surface area contributed by atoms with Crippen LogP contribution in [0.5, 0.6) is 0 Å². The van der Waals surface area contributed by atoms with Crippen LogP contribution in [0.1, 0.15) is 92.4 Å². The predicted octanol–water partition coefficient (Wildman–Crippen LogP) is -7.46. The first-order valence-electron chi connectivity index (χ1n) is 33.6. The fourth-order valence-electron chi connectivity index (χ4n) is 17.9. The zero-order valence-corrected chi connectivity index (χ0v) is 53.8. The van der Waals surface area contributed by atoms with Gasteiger partial charge in [-0.15, -0.1) is 0 Å². The number of hydrogen-bond acceptors (Lipinski definition) is 33. The van der Waals surface area contributed by atoms with Crippen LogP contribution in [0.4, 0.5) is 0 Å². The van der Waals surface area contributed by atoms with Crippen molar-refractivity contribution >= 4 is 5.78 Å². The van der Waals surface area contributed by atoms with E-state index in [9.17, 15) is 102 Å². The van der Waals surface area contributed by atoms with Gasteiger partial charge in [-0.25, -0.2) is 0 Å². The maximum atomic E-state index is 14.9. The molecule has 4 saturated carbocycles. The molecule has 33 heteroatoms. The molecule has 0 spiro atoms. The van der Waals surface area contributed by atoms with Crippen molar-refractivity contribution in [2.24, 2.45) is 52.3 Å². The topological polar surface area (TPSA) is 521 Å². The number of aliphatic hydroxyl groups excluding tert-OH is 18. The van der Waals surface area contributed by atoms with Gasteiger partial charge < -0.3 is 159 Å². The molecule has 19 N–H and O–H groups in total. The zero-order chi connectivity index (χ0) is 68.8. The number of ether oxygens (including phenoxy) is 13. The Morgan fingerprint density at radius 2 is 1.05 bits per heavy atom. The maximum absolute atomic E-state index is 14.9. The first-order chi connectivity index (χ1) is 44.9. The lowest BCUT2D eigenvalue weighted by atomic mass is 9.44. The Labute approximate surface area is 548 Å². The van der Waals surface area contributed by atoms with Crippen LogP contribution < -0.4 is 0 Å². The van der Waals surface area contributed by atoms with Crippen molar-refractivity contribution in [3.8, 4) is 0 Å². The van der Waals surface area contributed by atoms with Gasteiger partial charge in [0.05, 0.1) is 58.0 Å². The summed E-state index contributed by atoms with van der Waals surface area (Å²) >= 11 is 0. The van der Waals surface area contributed by atoms with Crippen molar-refractivity contribution in [3.63, 3.8) is 0 Å². The van der Waals surface area contributed by atoms with Crippen LogP contribution in [0.25, 0.3) is 0 Å². The highest BCUT2D eigenvalue weighted by molar-refractivity contribution is 5.87. The van der Waals surface area contributed by atoms with E-state index in [1.807, 2.05) is 13.8 Å². The molecule has 7 saturated heterocycles. The molecule has 7 heterocycles. The third kappa shape index (κ3) is 13.7. The van der Waals surface area contributed by atoms with Gasteiger partial charge in [-0.2, -0.15) is 0 Å². The summed E-state index contributed by atoms with van der Waals surface area (Å²) in [7, 11) is 0. The summed E-state index contributed by atoms with van der Waals surface area (Å²) in [5.41, 5.74) is -1.01. The fraction of sp³-hybridized carbons (Fsp3) is 0.984. The van der Waals surface area contributed by atoms with E-state index in [1.165, 1.54) is 6.92 Å². The maximum Gasteiger partial charge on any atom is 0.187 e. The van der Waals surface area contributed by atoms with Gasteiger partial charge >= 0.3 is 0 Å². The quantitative estimate of drug-likeness (QED) is 0.0504. The molecule has 0 aromatic rings. The van der Waals surface area contributed by atoms with Gasteiger partial charge in [-0.1, -0.05) is 27.7 Å². The molecule has 95 heavy (non-hydrogen) atoms. The molecule has 0 aromatic carbocycles. The molecule has 548 valence electrons. The van der Waals surface area contributed by atoms with Crippen LogP contribution in [0.15, 0.2) is 0 Å². The van der Waals surface area contributed by atoms with Gasteiger partial charge in [0, 0.05) is 30.1 Å². The summed E-state index contributed by atoms with van der Waals surface area (Å²) in [5, 5.41) is 206. The number of rotatable bonds is 20. The van der Waals surface area contributed by atoms with Crippen molar-refractivity contribution in [2.75, 3.05) is 39.6 Å². The van der Waals surface area contributed by atoms with E-state index in [4.69, 9.17) is 61.6 Å². The minimum atomic E-state index is -2.14. The van der Waals surface area contributed by atoms with Crippen molar-refractivity contribution in [3.05, 3.63) is 0 Å². The molecule has 11 fully saturated rings. The second-order valence-corrected chi connectivity index (χ2v) is 29.3. The Morgan fingerprint density at radius 3 is 1.69 bits per heavy atom. The Balaban J connectivity index is 0.696. The minimum absolute atomic E-state index is 0.0143. The highest BCUT2D eigenvalue weighted by Gasteiger charge is 2.71. The Morgan fingerprint density at radius 1 is 0.526 bits per heavy atom. The molecule has 41 unspecified atom stereocenters. The average molecular weight is 1380 g/mol. The molecule has 0 radical (unpaired) electrons. The summed E-state index contributed by atoms with van der Waals surface area (Å²) in [6.45, 7) is 5.61. The molecule has 11 aliphatic rings. The summed E-state index contributed by atoms with van der Waals surface area (Å²) < 4.78 is 77.4. The highest BCUT2D eigenvalue weighted by atomic mass is 16.8. The second kappa shape index (κ2) is 29.6. The van der Waals surface area contributed by atoms with E-state index < -0.39 is 228 Å². The average Bonchev–Trinajstić information content (AvgIpc) is 1.56. The predicted molar refractivity (Wildman–Crippen MR) is 310 cm³/mol. The molecule has 11 rings (SSSR count). The van der Waals surface area contributed by atoms with Crippen LogP contribution in [-0.4, -0.2) is 339 Å². The lowest BCUT2D eigenvalue weighted by Gasteiger charge is -2.60. The normalized spacial score (nSPS) is 55.3. The first kappa shape index (κ1) is 74.6. The van der Waals surface area contributed by atoms with Crippen molar-refractivity contribution < 1.29 is 163 Å². The molecule has 0 amide bonds. The molecule has 41 atom stereocenters. The third-order valence-corrected chi connectivity index (χ3v) is 23.8. The standard InChI is InChI=1S/C62H102O33/c1-21(19-83-54-46(78)42(74)39(71)31(15-63)87-54)8-11-62(82)22(2)36-30(95-62)13-28-26-7-6-24-12-25(9-10-60(24,4)27(26)14-35(68)61(28,36)5)86-57-48(80)43(75)50(33(17-65)89-57)91-58-49(81)44(76)51(34(18-66)90-58)92-59-53(94-56-47(79)41(73)37(69)23(3)85-56)52(40(72)32(16-64)88-59)93-55-45(77)38(70)29(67)20-84-55/h21-34,36-59,63-67,69-82H,6-20H2,1-5H3. The molecule has 0 bridgehead atoms. The number of carbonyl (C=O) groups excluding carboxylic acids is 1. The number of ketones is 1. The van der Waals surface area contributed by atoms with E-state index in [0.29, 0.717) is 38.5 Å². The first-order valence-corrected chi connectivity index (χ1v) is 33.6. The number of carbonyl (C=O) groups is 1. The van der Waals surface area contributed by atoms with E-state index >= 15 is 0 Å². The Kier molecular flexibility index (Phi) is 23.3. The van der Waals surface area contributed by atoms with E-state index in [0.717, 1.165) is 12.8 Å². The van der Waals surface area contributed by atoms with Gasteiger partial charge in [-0.05, 0) is 86.9 Å². The molecule has 0 aromatic heterocycles. The molecule has 33 nitrogen and oxygen atoms in total. The second-order valence-electron chi connectivity index (χ2n) is 29.3. The molecule has 4 aliphatic carbocycles. The zero-order valence-electron chi connectivity index (χ0n) is 53.8. The Bertz CT molecular complexity index is 2530. The lowest BCUT2D eigenvalue weighted by molar-refractivity contribution is -0.406. The summed E-state index contributed by atoms with van der Waals surface area (Å²) in [5.74, 6) is -1.79. The van der Waals surface area contributed by atoms with Crippen molar-refractivity contribution in [1.82, 2.24) is 0 Å². The van der Waals surface area contributed by atoms with Crippen molar-refractivity contribution in [1.29, 1.82) is 0 Å². The van der Waals surface area contributed by atoms with Crippen LogP contribution in [0.3, 0.4) is 0 Å². The van der Waals surface area contributed by atoms with Gasteiger partial charge in [0.15, 0.2) is 43.5 Å².